The number of amides is 1. The van der Waals surface area contributed by atoms with E-state index < -0.39 is 35.0 Å². The number of alkyl halides is 2. The molecule has 2 saturated heterocycles. The summed E-state index contributed by atoms with van der Waals surface area (Å²) in [5.41, 5.74) is 1.91. The van der Waals surface area contributed by atoms with E-state index in [-0.39, 0.29) is 5.69 Å². The number of hydrogen-bond acceptors (Lipinski definition) is 8. The largest absolute Gasteiger partial charge is 0.496 e. The van der Waals surface area contributed by atoms with Crippen molar-refractivity contribution in [2.45, 2.75) is 55.5 Å². The van der Waals surface area contributed by atoms with Crippen LogP contribution in [0.4, 0.5) is 4.39 Å². The van der Waals surface area contributed by atoms with Gasteiger partial charge in [-0.3, -0.25) is 24.4 Å². The van der Waals surface area contributed by atoms with Gasteiger partial charge < -0.3 is 19.9 Å². The fraction of sp³-hybridized carbons (Fsp3) is 0.389. The number of allylic oxidation sites excluding steroid dienone is 2. The van der Waals surface area contributed by atoms with Crippen molar-refractivity contribution in [3.8, 4) is 11.6 Å². The number of carboxylic acid groups (broad SMARTS) is 1. The lowest BCUT2D eigenvalue weighted by Gasteiger charge is -2.39. The predicted octanol–water partition coefficient (Wildman–Crippen LogP) is 5.63. The van der Waals surface area contributed by atoms with Gasteiger partial charge in [0.25, 0.3) is 5.91 Å². The van der Waals surface area contributed by atoms with Crippen molar-refractivity contribution in [3.63, 3.8) is 0 Å². The summed E-state index contributed by atoms with van der Waals surface area (Å²) >= 11 is 14.0. The minimum atomic E-state index is -1.38. The first-order valence-corrected chi connectivity index (χ1v) is 17.0. The summed E-state index contributed by atoms with van der Waals surface area (Å²) in [6, 6.07) is 11.9. The zero-order valence-electron chi connectivity index (χ0n) is 27.2. The molecule has 2 fully saturated rings. The monoisotopic (exact) mass is 709 g/mol. The number of aliphatic carboxylic acids is 1. The van der Waals surface area contributed by atoms with Gasteiger partial charge in [0.15, 0.2) is 0 Å². The van der Waals surface area contributed by atoms with Gasteiger partial charge in [-0.2, -0.15) is 0 Å². The van der Waals surface area contributed by atoms with Crippen LogP contribution in [0.1, 0.15) is 52.1 Å². The molecule has 2 aliphatic heterocycles. The number of carbonyl (C=O) groups is 2. The van der Waals surface area contributed by atoms with E-state index in [1.54, 1.807) is 36.5 Å². The molecule has 3 atom stereocenters. The lowest BCUT2D eigenvalue weighted by atomic mass is 9.80. The van der Waals surface area contributed by atoms with E-state index in [1.165, 1.54) is 14.2 Å². The van der Waals surface area contributed by atoms with Crippen LogP contribution in [0, 0.1) is 0 Å². The van der Waals surface area contributed by atoms with Gasteiger partial charge in [0.1, 0.15) is 29.2 Å². The number of nitrogens with one attached hydrogen (secondary N) is 1. The van der Waals surface area contributed by atoms with E-state index in [0.717, 1.165) is 18.4 Å². The van der Waals surface area contributed by atoms with Crippen LogP contribution in [0.3, 0.4) is 0 Å². The number of carboxylic acids is 1. The summed E-state index contributed by atoms with van der Waals surface area (Å²) in [6.07, 6.45) is 8.46. The fourth-order valence-electron chi connectivity index (χ4n) is 6.73. The number of aromatic nitrogens is 2. The van der Waals surface area contributed by atoms with Crippen molar-refractivity contribution in [2.24, 2.45) is 0 Å². The van der Waals surface area contributed by atoms with Gasteiger partial charge >= 0.3 is 5.97 Å². The van der Waals surface area contributed by atoms with E-state index in [9.17, 15) is 19.1 Å². The molecule has 3 aliphatic rings. The lowest BCUT2D eigenvalue weighted by molar-refractivity contribution is -0.144. The summed E-state index contributed by atoms with van der Waals surface area (Å²) < 4.78 is 24.9. The average molecular weight is 711 g/mol. The second kappa shape index (κ2) is 14.8. The topological polar surface area (TPSA) is 117 Å². The third kappa shape index (κ3) is 7.17. The molecule has 49 heavy (non-hydrogen) atoms. The average Bonchev–Trinajstić information content (AvgIpc) is 3.09. The number of rotatable bonds is 11. The van der Waals surface area contributed by atoms with Crippen LogP contribution in [-0.4, -0.2) is 88.2 Å². The highest BCUT2D eigenvalue weighted by Gasteiger charge is 2.45. The maximum Gasteiger partial charge on any atom is 0.320 e. The fourth-order valence-corrected chi connectivity index (χ4v) is 7.40. The Morgan fingerprint density at radius 1 is 1.10 bits per heavy atom. The summed E-state index contributed by atoms with van der Waals surface area (Å²) in [5.74, 6) is -0.656. The van der Waals surface area contributed by atoms with Crippen LogP contribution >= 0.6 is 23.2 Å². The predicted molar refractivity (Wildman–Crippen MR) is 185 cm³/mol. The van der Waals surface area contributed by atoms with Crippen molar-refractivity contribution in [1.82, 2.24) is 25.1 Å². The van der Waals surface area contributed by atoms with E-state index in [4.69, 9.17) is 37.7 Å². The van der Waals surface area contributed by atoms with E-state index in [2.05, 4.69) is 10.3 Å². The number of methoxy groups -OCH3 is 2. The van der Waals surface area contributed by atoms with Gasteiger partial charge in [-0.05, 0) is 42.7 Å². The number of carbonyl (C=O) groups excluding carboxylic acids is 1. The van der Waals surface area contributed by atoms with E-state index >= 15 is 0 Å². The summed E-state index contributed by atoms with van der Waals surface area (Å²) in [4.78, 5) is 39.2. The third-order valence-electron chi connectivity index (χ3n) is 9.34. The van der Waals surface area contributed by atoms with E-state index in [1.807, 2.05) is 40.1 Å². The van der Waals surface area contributed by atoms with Crippen LogP contribution in [0.5, 0.6) is 11.6 Å². The highest BCUT2D eigenvalue weighted by Crippen LogP contribution is 2.43. The van der Waals surface area contributed by atoms with Crippen LogP contribution in [0.25, 0.3) is 5.57 Å². The van der Waals surface area contributed by atoms with Crippen LogP contribution in [0.15, 0.2) is 66.9 Å². The minimum Gasteiger partial charge on any atom is -0.496 e. The molecule has 2 aromatic heterocycles. The van der Waals surface area contributed by atoms with Crippen molar-refractivity contribution in [3.05, 3.63) is 100.0 Å². The first kappa shape index (κ1) is 34.8. The number of halogens is 3. The quantitative estimate of drug-likeness (QED) is 0.245. The Hall–Kier alpha value is -4.03. The highest BCUT2D eigenvalue weighted by molar-refractivity contribution is 6.34. The second-order valence-corrected chi connectivity index (χ2v) is 13.3. The molecule has 4 heterocycles. The van der Waals surface area contributed by atoms with Crippen LogP contribution < -0.4 is 14.8 Å². The van der Waals surface area contributed by atoms with Crippen molar-refractivity contribution in [2.75, 3.05) is 33.9 Å². The molecule has 10 nitrogen and oxygen atoms in total. The molecule has 2 unspecified atom stereocenters. The molecule has 0 radical (unpaired) electrons. The van der Waals surface area contributed by atoms with Gasteiger partial charge in [0.05, 0.1) is 25.3 Å². The molecular weight excluding hydrogens is 672 g/mol. The molecule has 1 aliphatic carbocycles. The van der Waals surface area contributed by atoms with Crippen molar-refractivity contribution in [1.29, 1.82) is 0 Å². The minimum absolute atomic E-state index is 0.0710. The number of pyridine rings is 2. The Bertz CT molecular complexity index is 1780. The van der Waals surface area contributed by atoms with Gasteiger partial charge in [0, 0.05) is 54.6 Å². The van der Waals surface area contributed by atoms with Crippen LogP contribution in [0.2, 0.25) is 5.02 Å². The number of ether oxygens (including phenoxy) is 2. The molecule has 1 amide bonds. The van der Waals surface area contributed by atoms with Gasteiger partial charge in [0.2, 0.25) is 5.88 Å². The van der Waals surface area contributed by atoms with Gasteiger partial charge in [-0.1, -0.05) is 60.5 Å². The molecule has 3 aromatic rings. The maximum atomic E-state index is 14.1. The lowest BCUT2D eigenvalue weighted by Crippen LogP contribution is -2.52. The third-order valence-corrected chi connectivity index (χ3v) is 10.3. The van der Waals surface area contributed by atoms with E-state index in [0.29, 0.717) is 78.2 Å². The molecule has 1 aromatic carbocycles. The molecule has 0 bridgehead atoms. The number of piperidine rings is 1. The first-order valence-electron chi connectivity index (χ1n) is 16.1. The summed E-state index contributed by atoms with van der Waals surface area (Å²) in [5, 5.41) is 12.5. The summed E-state index contributed by atoms with van der Waals surface area (Å²) in [6.45, 7) is 2.10. The first-order chi connectivity index (χ1) is 23.6. The molecule has 258 valence electrons. The molecule has 2 N–H and O–H groups in total. The standard InChI is InChI=1S/C36H38Cl2FN5O5/c1-48-30-16-28(40-17-23(30)19-44-15-6-5-11-29(44)35(46)47)33(45)42-36(14-7-9-26(32(36)38)25-8-3-4-10-27(25)37)31-13-12-22(34(41-31)49-2)18-43-20-24(39)21-43/h3-4,7-10,12-14,16-17,24,29,32H,5-6,11,15,18-21H2,1-2H3,(H,42,45)(H,46,47)/t29-,32?,36?/m0/s1. The Morgan fingerprint density at radius 3 is 2.61 bits per heavy atom. The Kier molecular flexibility index (Phi) is 10.5. The summed E-state index contributed by atoms with van der Waals surface area (Å²) in [7, 11) is 3.01. The second-order valence-electron chi connectivity index (χ2n) is 12.5. The normalized spacial score (nSPS) is 23.0. The molecule has 0 spiro atoms. The molecule has 6 rings (SSSR count). The molecule has 0 saturated carbocycles. The Morgan fingerprint density at radius 2 is 1.90 bits per heavy atom. The number of benzene rings is 1. The van der Waals surface area contributed by atoms with Crippen LogP contribution in [-0.2, 0) is 23.4 Å². The zero-order valence-corrected chi connectivity index (χ0v) is 28.8. The smallest absolute Gasteiger partial charge is 0.320 e. The Labute approximate surface area is 294 Å². The SMILES string of the molecule is COc1cc(C(=O)NC2(c3ccc(CN4CC(F)C4)c(OC)n3)C=CC=C(c3ccccc3Cl)C2Cl)ncc1CN1CCCC[C@H]1C(=O)O. The Balaban J connectivity index is 1.34. The van der Waals surface area contributed by atoms with Crippen molar-refractivity contribution < 1.29 is 28.6 Å². The van der Waals surface area contributed by atoms with Gasteiger partial charge in [-0.25, -0.2) is 9.37 Å². The number of hydrogen-bond donors (Lipinski definition) is 2. The highest BCUT2D eigenvalue weighted by atomic mass is 35.5. The maximum absolute atomic E-state index is 14.1. The number of likely N-dealkylation sites (tertiary alicyclic amines) is 2. The molecular formula is C36H38Cl2FN5O5. The number of nitrogens with zero attached hydrogens (tertiary/aromatic N) is 4. The van der Waals surface area contributed by atoms with Gasteiger partial charge in [-0.15, -0.1) is 11.6 Å². The zero-order chi connectivity index (χ0) is 34.7. The van der Waals surface area contributed by atoms with Crippen molar-refractivity contribution >= 4 is 40.7 Å². The molecule has 13 heteroatoms.